The van der Waals surface area contributed by atoms with E-state index in [2.05, 4.69) is 12.1 Å². The first-order valence-electron chi connectivity index (χ1n) is 7.39. The van der Waals surface area contributed by atoms with Crippen LogP contribution in [0.25, 0.3) is 0 Å². The summed E-state index contributed by atoms with van der Waals surface area (Å²) < 4.78 is 0. The first-order valence-corrected chi connectivity index (χ1v) is 7.39. The Morgan fingerprint density at radius 2 is 1.39 bits per heavy atom. The number of nitrogens with zero attached hydrogens (tertiary/aromatic N) is 1. The van der Waals surface area contributed by atoms with Crippen molar-refractivity contribution >= 4 is 0 Å². The molecule has 1 atom stereocenters. The minimum atomic E-state index is -1.41. The predicted octanol–water partition coefficient (Wildman–Crippen LogP) is 3.74. The lowest BCUT2D eigenvalue weighted by Crippen LogP contribution is -2.15. The lowest BCUT2D eigenvalue weighted by molar-refractivity contribution is -0.0496. The van der Waals surface area contributed by atoms with E-state index in [1.54, 1.807) is 0 Å². The zero-order valence-electron chi connectivity index (χ0n) is 11.7. The maximum Gasteiger partial charge on any atom is 0.153 e. The Kier molecular flexibility index (Phi) is 12.6. The van der Waals surface area contributed by atoms with E-state index in [4.69, 9.17) is 10.2 Å². The normalized spacial score (nSPS) is 12.9. The summed E-state index contributed by atoms with van der Waals surface area (Å²) in [6.45, 7) is 2.22. The van der Waals surface area contributed by atoms with Crippen LogP contribution in [0.1, 0.15) is 77.6 Å². The Hall–Kier alpha value is -0.480. The van der Waals surface area contributed by atoms with Gasteiger partial charge in [-0.1, -0.05) is 69.9 Å². The van der Waals surface area contributed by atoms with Gasteiger partial charge in [0, 0.05) is 6.42 Å². The molecule has 0 aromatic carbocycles. The number of rotatable bonds is 13. The zero-order valence-corrected chi connectivity index (χ0v) is 11.7. The molecule has 4 heteroatoms. The monoisotopic (exact) mass is 259 g/mol. The van der Waals surface area contributed by atoms with Crippen molar-refractivity contribution in [1.29, 1.82) is 0 Å². The van der Waals surface area contributed by atoms with E-state index >= 15 is 0 Å². The van der Waals surface area contributed by atoms with Gasteiger partial charge in [-0.05, 0) is 6.42 Å². The summed E-state index contributed by atoms with van der Waals surface area (Å²) in [5.41, 5.74) is 0. The third kappa shape index (κ3) is 12.0. The minimum Gasteiger partial charge on any atom is -0.368 e. The van der Waals surface area contributed by atoms with Gasteiger partial charge in [0.25, 0.3) is 0 Å². The van der Waals surface area contributed by atoms with Gasteiger partial charge in [0.2, 0.25) is 0 Å². The molecule has 0 aliphatic heterocycles. The molecule has 0 aromatic heterocycles. The number of nitroso groups, excluding NO2 is 1. The summed E-state index contributed by atoms with van der Waals surface area (Å²) in [5.74, 6) is 0. The van der Waals surface area contributed by atoms with E-state index in [1.807, 2.05) is 0 Å². The smallest absolute Gasteiger partial charge is 0.153 e. The summed E-state index contributed by atoms with van der Waals surface area (Å²) in [6.07, 6.45) is 10.5. The molecular weight excluding hydrogens is 230 g/mol. The lowest BCUT2D eigenvalue weighted by atomic mass is 10.0. The van der Waals surface area contributed by atoms with E-state index in [0.29, 0.717) is 6.42 Å². The highest BCUT2D eigenvalue weighted by Gasteiger charge is 2.12. The van der Waals surface area contributed by atoms with Crippen molar-refractivity contribution < 1.29 is 10.2 Å². The average Bonchev–Trinajstić information content (AvgIpc) is 2.35. The molecule has 0 saturated heterocycles. The number of unbranched alkanes of at least 4 members (excludes halogenated alkanes) is 8. The minimum absolute atomic E-state index is 0.0700. The Morgan fingerprint density at radius 3 is 1.83 bits per heavy atom. The molecule has 0 saturated carbocycles. The van der Waals surface area contributed by atoms with Gasteiger partial charge in [0.15, 0.2) is 6.29 Å². The van der Waals surface area contributed by atoms with Crippen LogP contribution in [0.2, 0.25) is 0 Å². The molecule has 0 rings (SSSR count). The fourth-order valence-corrected chi connectivity index (χ4v) is 2.15. The average molecular weight is 259 g/mol. The summed E-state index contributed by atoms with van der Waals surface area (Å²) in [4.78, 5) is 10.4. The summed E-state index contributed by atoms with van der Waals surface area (Å²) in [7, 11) is 0. The van der Waals surface area contributed by atoms with E-state index < -0.39 is 12.3 Å². The molecule has 108 valence electrons. The summed E-state index contributed by atoms with van der Waals surface area (Å²) in [5, 5.41) is 20.4. The van der Waals surface area contributed by atoms with Crippen LogP contribution in [-0.2, 0) is 0 Å². The van der Waals surface area contributed by atoms with Crippen molar-refractivity contribution in [3.63, 3.8) is 0 Å². The Bertz CT molecular complexity index is 186. The lowest BCUT2D eigenvalue weighted by Gasteiger charge is -2.09. The third-order valence-corrected chi connectivity index (χ3v) is 3.27. The maximum atomic E-state index is 10.4. The molecule has 0 spiro atoms. The predicted molar refractivity (Wildman–Crippen MR) is 74.3 cm³/mol. The molecule has 0 fully saturated rings. The van der Waals surface area contributed by atoms with Crippen molar-refractivity contribution in [3.8, 4) is 0 Å². The molecule has 0 aliphatic carbocycles. The van der Waals surface area contributed by atoms with E-state index in [-0.39, 0.29) is 6.42 Å². The molecular formula is C14H29NO3. The van der Waals surface area contributed by atoms with Crippen LogP contribution < -0.4 is 0 Å². The largest absolute Gasteiger partial charge is 0.368 e. The van der Waals surface area contributed by atoms with Crippen LogP contribution >= 0.6 is 0 Å². The molecule has 0 heterocycles. The first kappa shape index (κ1) is 17.5. The fourth-order valence-electron chi connectivity index (χ4n) is 2.15. The standard InChI is InChI=1S/C14H29NO3/c1-2-3-4-5-6-7-8-9-10-11-13(15-18)12-14(16)17/h13-14,16-17H,2-12H2,1H3. The molecule has 0 aliphatic rings. The van der Waals surface area contributed by atoms with Gasteiger partial charge in [-0.2, -0.15) is 4.91 Å². The summed E-state index contributed by atoms with van der Waals surface area (Å²) in [6, 6.07) is -0.436. The second kappa shape index (κ2) is 13.0. The quantitative estimate of drug-likeness (QED) is 0.301. The molecule has 18 heavy (non-hydrogen) atoms. The van der Waals surface area contributed by atoms with E-state index in [0.717, 1.165) is 12.8 Å². The highest BCUT2D eigenvalue weighted by molar-refractivity contribution is 4.66. The third-order valence-electron chi connectivity index (χ3n) is 3.27. The second-order valence-corrected chi connectivity index (χ2v) is 5.09. The number of hydrogen-bond acceptors (Lipinski definition) is 4. The van der Waals surface area contributed by atoms with Crippen molar-refractivity contribution in [3.05, 3.63) is 4.91 Å². The first-order chi connectivity index (χ1) is 8.70. The van der Waals surface area contributed by atoms with Crippen LogP contribution in [-0.4, -0.2) is 22.5 Å². The van der Waals surface area contributed by atoms with Crippen LogP contribution in [0.3, 0.4) is 0 Å². The van der Waals surface area contributed by atoms with Gasteiger partial charge in [0.1, 0.15) is 0 Å². The van der Waals surface area contributed by atoms with E-state index in [1.165, 1.54) is 44.9 Å². The summed E-state index contributed by atoms with van der Waals surface area (Å²) >= 11 is 0. The fraction of sp³-hybridized carbons (Fsp3) is 1.00. The van der Waals surface area contributed by atoms with Crippen LogP contribution in [0.5, 0.6) is 0 Å². The Balaban J connectivity index is 3.25. The van der Waals surface area contributed by atoms with Crippen molar-refractivity contribution in [2.45, 2.75) is 89.9 Å². The highest BCUT2D eigenvalue weighted by Crippen LogP contribution is 2.14. The van der Waals surface area contributed by atoms with Gasteiger partial charge < -0.3 is 10.2 Å². The van der Waals surface area contributed by atoms with Crippen molar-refractivity contribution in [1.82, 2.24) is 0 Å². The van der Waals surface area contributed by atoms with Crippen LogP contribution in [0.4, 0.5) is 0 Å². The topological polar surface area (TPSA) is 69.9 Å². The molecule has 0 aromatic rings. The second-order valence-electron chi connectivity index (χ2n) is 5.09. The van der Waals surface area contributed by atoms with Crippen molar-refractivity contribution in [2.24, 2.45) is 5.18 Å². The number of aliphatic hydroxyl groups is 2. The molecule has 1 unspecified atom stereocenters. The SMILES string of the molecule is CCCCCCCCCCCC(CC(O)O)N=O. The zero-order chi connectivity index (χ0) is 13.6. The maximum absolute atomic E-state index is 10.4. The molecule has 0 amide bonds. The molecule has 2 N–H and O–H groups in total. The molecule has 0 radical (unpaired) electrons. The Labute approximate surface area is 111 Å². The van der Waals surface area contributed by atoms with Crippen molar-refractivity contribution in [2.75, 3.05) is 0 Å². The van der Waals surface area contributed by atoms with Crippen LogP contribution in [0.15, 0.2) is 5.18 Å². The van der Waals surface area contributed by atoms with Gasteiger partial charge in [-0.3, -0.25) is 0 Å². The number of aliphatic hydroxyl groups excluding tert-OH is 1. The van der Waals surface area contributed by atoms with E-state index in [9.17, 15) is 4.91 Å². The van der Waals surface area contributed by atoms with Gasteiger partial charge in [-0.15, -0.1) is 0 Å². The highest BCUT2D eigenvalue weighted by atomic mass is 16.5. The van der Waals surface area contributed by atoms with Crippen LogP contribution in [0, 0.1) is 4.91 Å². The van der Waals surface area contributed by atoms with Gasteiger partial charge in [-0.25, -0.2) is 0 Å². The molecule has 0 bridgehead atoms. The van der Waals surface area contributed by atoms with Gasteiger partial charge in [0.05, 0.1) is 6.04 Å². The Morgan fingerprint density at radius 1 is 0.889 bits per heavy atom. The number of hydrogen-bond donors (Lipinski definition) is 2. The van der Waals surface area contributed by atoms with Gasteiger partial charge >= 0.3 is 0 Å². The molecule has 4 nitrogen and oxygen atoms in total.